The van der Waals surface area contributed by atoms with Crippen molar-refractivity contribution in [3.05, 3.63) is 33.2 Å². The molecule has 0 spiro atoms. The Balaban J connectivity index is 2.41. The van der Waals surface area contributed by atoms with E-state index in [4.69, 9.17) is 10.9 Å². The van der Waals surface area contributed by atoms with Crippen molar-refractivity contribution in [2.75, 3.05) is 0 Å². The monoisotopic (exact) mass is 344 g/mol. The third-order valence-electron chi connectivity index (χ3n) is 2.04. The second-order valence-corrected chi connectivity index (χ2v) is 6.61. The Morgan fingerprint density at radius 3 is 2.89 bits per heavy atom. The topological polar surface area (TPSA) is 84.4 Å². The summed E-state index contributed by atoms with van der Waals surface area (Å²) in [6, 6.07) is 5.61. The second-order valence-electron chi connectivity index (χ2n) is 3.29. The van der Waals surface area contributed by atoms with Crippen LogP contribution in [-0.4, -0.2) is 21.2 Å². The van der Waals surface area contributed by atoms with Crippen molar-refractivity contribution >= 4 is 44.9 Å². The van der Waals surface area contributed by atoms with Crippen LogP contribution in [0.25, 0.3) is 0 Å². The average molecular weight is 345 g/mol. The number of aromatic nitrogens is 2. The minimum absolute atomic E-state index is 0.0613. The van der Waals surface area contributed by atoms with Gasteiger partial charge in [0.2, 0.25) is 0 Å². The molecule has 0 saturated heterocycles. The summed E-state index contributed by atoms with van der Waals surface area (Å²) < 4.78 is 1.58. The Morgan fingerprint density at radius 1 is 1.50 bits per heavy atom. The van der Waals surface area contributed by atoms with Gasteiger partial charge >= 0.3 is 0 Å². The molecule has 0 aliphatic heterocycles. The SMILES string of the molecule is Cc1nnc(Sc2cccc(Br)c2/C(N)=N/O)s1. The molecular formula is C10H9BrN4OS2. The summed E-state index contributed by atoms with van der Waals surface area (Å²) in [5, 5.41) is 20.8. The number of oxime groups is 1. The molecule has 0 bridgehead atoms. The maximum Gasteiger partial charge on any atom is 0.179 e. The zero-order chi connectivity index (χ0) is 13.1. The Kier molecular flexibility index (Phi) is 4.20. The van der Waals surface area contributed by atoms with E-state index in [-0.39, 0.29) is 5.84 Å². The lowest BCUT2D eigenvalue weighted by Crippen LogP contribution is -2.15. The maximum absolute atomic E-state index is 8.81. The van der Waals surface area contributed by atoms with Crippen LogP contribution >= 0.6 is 39.0 Å². The van der Waals surface area contributed by atoms with Crippen LogP contribution in [0.1, 0.15) is 10.6 Å². The molecule has 0 saturated carbocycles. The third kappa shape index (κ3) is 2.82. The van der Waals surface area contributed by atoms with Gasteiger partial charge in [-0.25, -0.2) is 0 Å². The number of halogens is 1. The van der Waals surface area contributed by atoms with Gasteiger partial charge in [0.05, 0.1) is 0 Å². The predicted molar refractivity (Wildman–Crippen MR) is 75.4 cm³/mol. The number of benzene rings is 1. The lowest BCUT2D eigenvalue weighted by molar-refractivity contribution is 0.318. The summed E-state index contributed by atoms with van der Waals surface area (Å²) >= 11 is 6.32. The Labute approximate surface area is 120 Å². The zero-order valence-corrected chi connectivity index (χ0v) is 12.5. The molecule has 1 aromatic heterocycles. The predicted octanol–water partition coefficient (Wildman–Crippen LogP) is 2.85. The summed E-state index contributed by atoms with van der Waals surface area (Å²) in [4.78, 5) is 0.857. The minimum atomic E-state index is 0.0613. The molecule has 1 heterocycles. The van der Waals surface area contributed by atoms with Crippen molar-refractivity contribution in [1.29, 1.82) is 0 Å². The smallest absolute Gasteiger partial charge is 0.179 e. The molecule has 0 aliphatic carbocycles. The van der Waals surface area contributed by atoms with E-state index in [1.165, 1.54) is 23.1 Å². The Bertz CT molecular complexity index is 599. The number of amidine groups is 1. The van der Waals surface area contributed by atoms with Gasteiger partial charge in [-0.05, 0) is 35.0 Å². The molecule has 2 aromatic rings. The van der Waals surface area contributed by atoms with Crippen molar-refractivity contribution < 1.29 is 5.21 Å². The van der Waals surface area contributed by atoms with E-state index in [1.54, 1.807) is 0 Å². The van der Waals surface area contributed by atoms with Gasteiger partial charge in [0, 0.05) is 14.9 Å². The summed E-state index contributed by atoms with van der Waals surface area (Å²) in [6.45, 7) is 1.90. The molecular weight excluding hydrogens is 336 g/mol. The number of nitrogens with zero attached hydrogens (tertiary/aromatic N) is 3. The van der Waals surface area contributed by atoms with E-state index < -0.39 is 0 Å². The van der Waals surface area contributed by atoms with Crippen LogP contribution in [0.5, 0.6) is 0 Å². The van der Waals surface area contributed by atoms with Crippen LogP contribution in [0.2, 0.25) is 0 Å². The first-order valence-corrected chi connectivity index (χ1v) is 7.28. The average Bonchev–Trinajstić information content (AvgIpc) is 2.74. The van der Waals surface area contributed by atoms with E-state index in [2.05, 4.69) is 31.3 Å². The van der Waals surface area contributed by atoms with Crippen LogP contribution in [0, 0.1) is 6.92 Å². The van der Waals surface area contributed by atoms with Crippen LogP contribution in [-0.2, 0) is 0 Å². The Morgan fingerprint density at radius 2 is 2.28 bits per heavy atom. The molecule has 0 unspecified atom stereocenters. The molecule has 0 amide bonds. The summed E-state index contributed by atoms with van der Waals surface area (Å²) in [7, 11) is 0. The van der Waals surface area contributed by atoms with E-state index >= 15 is 0 Å². The van der Waals surface area contributed by atoms with Crippen LogP contribution < -0.4 is 5.73 Å². The minimum Gasteiger partial charge on any atom is -0.409 e. The largest absolute Gasteiger partial charge is 0.409 e. The first-order chi connectivity index (χ1) is 8.61. The lowest BCUT2D eigenvalue weighted by atomic mass is 10.2. The number of hydrogen-bond donors (Lipinski definition) is 2. The highest BCUT2D eigenvalue weighted by atomic mass is 79.9. The van der Waals surface area contributed by atoms with Gasteiger partial charge in [-0.3, -0.25) is 0 Å². The summed E-state index contributed by atoms with van der Waals surface area (Å²) in [5.41, 5.74) is 6.33. The second kappa shape index (κ2) is 5.68. The fourth-order valence-electron chi connectivity index (χ4n) is 1.30. The molecule has 3 N–H and O–H groups in total. The van der Waals surface area contributed by atoms with Crippen LogP contribution in [0.4, 0.5) is 0 Å². The highest BCUT2D eigenvalue weighted by Gasteiger charge is 2.14. The molecule has 94 valence electrons. The fraction of sp³-hybridized carbons (Fsp3) is 0.100. The van der Waals surface area contributed by atoms with Crippen LogP contribution in [0.15, 0.2) is 37.1 Å². The van der Waals surface area contributed by atoms with E-state index in [0.717, 1.165) is 18.7 Å². The van der Waals surface area contributed by atoms with Crippen molar-refractivity contribution in [1.82, 2.24) is 10.2 Å². The molecule has 8 heteroatoms. The van der Waals surface area contributed by atoms with Gasteiger partial charge in [-0.1, -0.05) is 34.3 Å². The van der Waals surface area contributed by atoms with E-state index in [1.807, 2.05) is 25.1 Å². The molecule has 0 aliphatic rings. The van der Waals surface area contributed by atoms with Gasteiger partial charge in [0.15, 0.2) is 10.2 Å². The molecule has 1 aromatic carbocycles. The molecule has 0 radical (unpaired) electrons. The van der Waals surface area contributed by atoms with Gasteiger partial charge < -0.3 is 10.9 Å². The van der Waals surface area contributed by atoms with Gasteiger partial charge in [-0.2, -0.15) is 0 Å². The van der Waals surface area contributed by atoms with Crippen molar-refractivity contribution in [2.24, 2.45) is 10.9 Å². The Hall–Kier alpha value is -1.12. The highest BCUT2D eigenvalue weighted by Crippen LogP contribution is 2.35. The van der Waals surface area contributed by atoms with Crippen molar-refractivity contribution in [3.8, 4) is 0 Å². The normalized spacial score (nSPS) is 11.8. The zero-order valence-electron chi connectivity index (χ0n) is 9.29. The molecule has 0 atom stereocenters. The van der Waals surface area contributed by atoms with E-state index in [0.29, 0.717) is 5.56 Å². The first-order valence-electron chi connectivity index (χ1n) is 4.86. The fourth-order valence-corrected chi connectivity index (χ4v) is 3.95. The highest BCUT2D eigenvalue weighted by molar-refractivity contribution is 9.10. The molecule has 18 heavy (non-hydrogen) atoms. The molecule has 5 nitrogen and oxygen atoms in total. The first kappa shape index (κ1) is 13.3. The van der Waals surface area contributed by atoms with Crippen molar-refractivity contribution in [2.45, 2.75) is 16.2 Å². The lowest BCUT2D eigenvalue weighted by Gasteiger charge is -2.07. The van der Waals surface area contributed by atoms with Gasteiger partial charge in [-0.15, -0.1) is 10.2 Å². The number of rotatable bonds is 3. The summed E-state index contributed by atoms with van der Waals surface area (Å²) in [6.07, 6.45) is 0. The third-order valence-corrected chi connectivity index (χ3v) is 4.65. The number of hydrogen-bond acceptors (Lipinski definition) is 6. The van der Waals surface area contributed by atoms with Gasteiger partial charge in [0.25, 0.3) is 0 Å². The van der Waals surface area contributed by atoms with Crippen molar-refractivity contribution in [3.63, 3.8) is 0 Å². The number of aryl methyl sites for hydroxylation is 1. The maximum atomic E-state index is 8.81. The molecule has 0 fully saturated rings. The van der Waals surface area contributed by atoms with E-state index in [9.17, 15) is 0 Å². The van der Waals surface area contributed by atoms with Gasteiger partial charge in [0.1, 0.15) is 5.01 Å². The summed E-state index contributed by atoms with van der Waals surface area (Å²) in [5.74, 6) is 0.0613. The number of nitrogens with two attached hydrogens (primary N) is 1. The van der Waals surface area contributed by atoms with Crippen LogP contribution in [0.3, 0.4) is 0 Å². The molecule has 2 rings (SSSR count). The standard InChI is InChI=1S/C10H9BrN4OS2/c1-5-13-14-10(17-5)18-7-4-2-3-6(11)8(7)9(12)15-16/h2-4,16H,1H3,(H2,12,15). The quantitative estimate of drug-likeness (QED) is 0.387.